The minimum atomic E-state index is 0.391. The molecule has 0 heterocycles. The maximum atomic E-state index is 5.53. The highest BCUT2D eigenvalue weighted by molar-refractivity contribution is 5.29. The molecule has 120 valence electrons. The van der Waals surface area contributed by atoms with Crippen LogP contribution in [-0.2, 0) is 0 Å². The highest BCUT2D eigenvalue weighted by atomic mass is 16.5. The van der Waals surface area contributed by atoms with Crippen LogP contribution in [0.15, 0.2) is 24.3 Å². The minimum Gasteiger partial charge on any atom is -0.494 e. The first-order valence-corrected chi connectivity index (χ1v) is 8.43. The first kappa shape index (κ1) is 18.0. The van der Waals surface area contributed by atoms with E-state index in [0.29, 0.717) is 6.04 Å². The molecule has 0 radical (unpaired) electrons. The van der Waals surface area contributed by atoms with Crippen molar-refractivity contribution in [3.63, 3.8) is 0 Å². The number of ether oxygens (including phenoxy) is 1. The lowest BCUT2D eigenvalue weighted by Crippen LogP contribution is -2.35. The first-order chi connectivity index (χ1) is 10.2. The van der Waals surface area contributed by atoms with Gasteiger partial charge in [-0.15, -0.1) is 0 Å². The van der Waals surface area contributed by atoms with Gasteiger partial charge in [-0.1, -0.05) is 39.3 Å². The largest absolute Gasteiger partial charge is 0.494 e. The Kier molecular flexibility index (Phi) is 9.11. The van der Waals surface area contributed by atoms with E-state index >= 15 is 0 Å². The highest BCUT2D eigenvalue weighted by Crippen LogP contribution is 2.19. The third kappa shape index (κ3) is 6.49. The fourth-order valence-corrected chi connectivity index (χ4v) is 2.52. The predicted octanol–water partition coefficient (Wildman–Crippen LogP) is 3.86. The van der Waals surface area contributed by atoms with Crippen molar-refractivity contribution in [3.8, 4) is 5.75 Å². The number of benzene rings is 1. The van der Waals surface area contributed by atoms with Crippen molar-refractivity contribution >= 4 is 0 Å². The van der Waals surface area contributed by atoms with E-state index in [-0.39, 0.29) is 0 Å². The van der Waals surface area contributed by atoms with Gasteiger partial charge in [0.05, 0.1) is 6.61 Å². The average molecular weight is 292 g/mol. The second kappa shape index (κ2) is 10.6. The molecule has 3 nitrogen and oxygen atoms in total. The number of unbranched alkanes of at least 4 members (excludes halogenated alkanes) is 1. The van der Waals surface area contributed by atoms with Gasteiger partial charge in [0.1, 0.15) is 5.75 Å². The molecule has 0 aliphatic heterocycles. The Labute approximate surface area is 130 Å². The Morgan fingerprint density at radius 3 is 2.33 bits per heavy atom. The summed E-state index contributed by atoms with van der Waals surface area (Å²) < 4.78 is 5.53. The van der Waals surface area contributed by atoms with Gasteiger partial charge in [-0.05, 0) is 50.7 Å². The fraction of sp³-hybridized carbons (Fsp3) is 0.667. The van der Waals surface area contributed by atoms with Crippen molar-refractivity contribution in [1.29, 1.82) is 0 Å². The van der Waals surface area contributed by atoms with Crippen LogP contribution < -0.4 is 10.1 Å². The van der Waals surface area contributed by atoms with Crippen LogP contribution in [-0.4, -0.2) is 37.7 Å². The van der Waals surface area contributed by atoms with Crippen LogP contribution in [0.4, 0.5) is 0 Å². The van der Waals surface area contributed by atoms with Crippen LogP contribution in [0.3, 0.4) is 0 Å². The zero-order chi connectivity index (χ0) is 15.5. The number of nitrogens with zero attached hydrogens (tertiary/aromatic N) is 1. The van der Waals surface area contributed by atoms with Crippen LogP contribution in [0.5, 0.6) is 5.75 Å². The monoisotopic (exact) mass is 292 g/mol. The quantitative estimate of drug-likeness (QED) is 0.670. The number of hydrogen-bond donors (Lipinski definition) is 1. The molecular weight excluding hydrogens is 260 g/mol. The Balaban J connectivity index is 2.70. The molecular formula is C18H32N2O. The van der Waals surface area contributed by atoms with Crippen molar-refractivity contribution in [2.45, 2.75) is 46.6 Å². The lowest BCUT2D eigenvalue weighted by molar-refractivity contribution is 0.251. The maximum absolute atomic E-state index is 5.53. The van der Waals surface area contributed by atoms with Crippen LogP contribution >= 0.6 is 0 Å². The Bertz CT molecular complexity index is 364. The van der Waals surface area contributed by atoms with E-state index in [1.807, 2.05) is 6.92 Å². The van der Waals surface area contributed by atoms with E-state index in [1.54, 1.807) is 0 Å². The SMILES string of the molecule is CCCCN(CC)CC(NCC)c1ccc(OCC)cc1. The van der Waals surface area contributed by atoms with E-state index in [2.05, 4.69) is 55.3 Å². The Morgan fingerprint density at radius 1 is 1.10 bits per heavy atom. The lowest BCUT2D eigenvalue weighted by Gasteiger charge is -2.27. The summed E-state index contributed by atoms with van der Waals surface area (Å²) in [5, 5.41) is 3.61. The highest BCUT2D eigenvalue weighted by Gasteiger charge is 2.14. The second-order valence-electron chi connectivity index (χ2n) is 5.36. The Morgan fingerprint density at radius 2 is 1.81 bits per heavy atom. The smallest absolute Gasteiger partial charge is 0.119 e. The van der Waals surface area contributed by atoms with Crippen LogP contribution in [0, 0.1) is 0 Å². The number of hydrogen-bond acceptors (Lipinski definition) is 3. The molecule has 3 heteroatoms. The van der Waals surface area contributed by atoms with E-state index in [1.165, 1.54) is 24.9 Å². The molecule has 0 saturated heterocycles. The normalized spacial score (nSPS) is 12.6. The van der Waals surface area contributed by atoms with Crippen molar-refractivity contribution in [2.24, 2.45) is 0 Å². The summed E-state index contributed by atoms with van der Waals surface area (Å²) in [6.45, 7) is 13.8. The molecule has 1 N–H and O–H groups in total. The van der Waals surface area contributed by atoms with Gasteiger partial charge in [0.15, 0.2) is 0 Å². The van der Waals surface area contributed by atoms with Gasteiger partial charge < -0.3 is 15.0 Å². The average Bonchev–Trinajstić information content (AvgIpc) is 2.51. The molecule has 0 amide bonds. The molecule has 0 saturated carbocycles. The molecule has 0 aromatic heterocycles. The van der Waals surface area contributed by atoms with Crippen LogP contribution in [0.1, 0.15) is 52.1 Å². The molecule has 1 aromatic carbocycles. The van der Waals surface area contributed by atoms with Crippen molar-refractivity contribution in [2.75, 3.05) is 32.8 Å². The maximum Gasteiger partial charge on any atom is 0.119 e. The van der Waals surface area contributed by atoms with Gasteiger partial charge in [-0.3, -0.25) is 0 Å². The summed E-state index contributed by atoms with van der Waals surface area (Å²) in [5.74, 6) is 0.954. The molecule has 1 rings (SSSR count). The third-order valence-corrected chi connectivity index (χ3v) is 3.76. The van der Waals surface area contributed by atoms with Gasteiger partial charge in [0.25, 0.3) is 0 Å². The van der Waals surface area contributed by atoms with Gasteiger partial charge in [0.2, 0.25) is 0 Å². The van der Waals surface area contributed by atoms with Crippen molar-refractivity contribution in [1.82, 2.24) is 10.2 Å². The lowest BCUT2D eigenvalue weighted by atomic mass is 10.1. The molecule has 0 aliphatic carbocycles. The zero-order valence-electron chi connectivity index (χ0n) is 14.2. The van der Waals surface area contributed by atoms with Gasteiger partial charge >= 0.3 is 0 Å². The summed E-state index contributed by atoms with van der Waals surface area (Å²) in [6.07, 6.45) is 2.53. The molecule has 0 bridgehead atoms. The van der Waals surface area contributed by atoms with Gasteiger partial charge in [-0.2, -0.15) is 0 Å². The topological polar surface area (TPSA) is 24.5 Å². The van der Waals surface area contributed by atoms with Gasteiger partial charge in [-0.25, -0.2) is 0 Å². The summed E-state index contributed by atoms with van der Waals surface area (Å²) in [6, 6.07) is 8.91. The van der Waals surface area contributed by atoms with Crippen molar-refractivity contribution < 1.29 is 4.74 Å². The number of nitrogens with one attached hydrogen (secondary N) is 1. The van der Waals surface area contributed by atoms with E-state index in [9.17, 15) is 0 Å². The fourth-order valence-electron chi connectivity index (χ4n) is 2.52. The first-order valence-electron chi connectivity index (χ1n) is 8.43. The second-order valence-corrected chi connectivity index (χ2v) is 5.36. The van der Waals surface area contributed by atoms with E-state index in [4.69, 9.17) is 4.74 Å². The standard InChI is InChI=1S/C18H32N2O/c1-5-9-14-20(7-3)15-18(19-6-2)16-10-12-17(13-11-16)21-8-4/h10-13,18-19H,5-9,14-15H2,1-4H3. The molecule has 1 atom stereocenters. The van der Waals surface area contributed by atoms with E-state index < -0.39 is 0 Å². The molecule has 21 heavy (non-hydrogen) atoms. The predicted molar refractivity (Wildman–Crippen MR) is 91.1 cm³/mol. The van der Waals surface area contributed by atoms with Crippen LogP contribution in [0.2, 0.25) is 0 Å². The summed E-state index contributed by atoms with van der Waals surface area (Å²) in [4.78, 5) is 2.54. The third-order valence-electron chi connectivity index (χ3n) is 3.76. The number of rotatable bonds is 11. The molecule has 0 aliphatic rings. The van der Waals surface area contributed by atoms with Crippen molar-refractivity contribution in [3.05, 3.63) is 29.8 Å². The molecule has 1 unspecified atom stereocenters. The molecule has 1 aromatic rings. The van der Waals surface area contributed by atoms with Gasteiger partial charge in [0, 0.05) is 12.6 Å². The van der Waals surface area contributed by atoms with Crippen LogP contribution in [0.25, 0.3) is 0 Å². The van der Waals surface area contributed by atoms with E-state index in [0.717, 1.165) is 32.0 Å². The molecule has 0 spiro atoms. The summed E-state index contributed by atoms with van der Waals surface area (Å²) in [7, 11) is 0. The Hall–Kier alpha value is -1.06. The zero-order valence-corrected chi connectivity index (χ0v) is 14.2. The summed E-state index contributed by atoms with van der Waals surface area (Å²) in [5.41, 5.74) is 1.34. The summed E-state index contributed by atoms with van der Waals surface area (Å²) >= 11 is 0. The molecule has 0 fully saturated rings. The minimum absolute atomic E-state index is 0.391. The number of likely N-dealkylation sites (N-methyl/N-ethyl adjacent to an activating group) is 2.